The molecule has 0 N–H and O–H groups in total. The van der Waals surface area contributed by atoms with Crippen molar-refractivity contribution in [3.63, 3.8) is 0 Å². The molecule has 1 atom stereocenters. The van der Waals surface area contributed by atoms with Gasteiger partial charge in [0.25, 0.3) is 0 Å². The highest BCUT2D eigenvalue weighted by atomic mass is 32.1. The summed E-state index contributed by atoms with van der Waals surface area (Å²) in [4.78, 5) is 25.7. The van der Waals surface area contributed by atoms with Crippen LogP contribution in [0.5, 0.6) is 0 Å². The molecule has 104 valence electrons. The van der Waals surface area contributed by atoms with Crippen LogP contribution in [0.2, 0.25) is 0 Å². The Labute approximate surface area is 117 Å². The highest BCUT2D eigenvalue weighted by Crippen LogP contribution is 2.23. The van der Waals surface area contributed by atoms with Gasteiger partial charge in [-0.15, -0.1) is 0 Å². The molecule has 1 unspecified atom stereocenters. The maximum Gasteiger partial charge on any atom is 0.410 e. The summed E-state index contributed by atoms with van der Waals surface area (Å²) in [5, 5.41) is 3.76. The second kappa shape index (κ2) is 5.33. The molecule has 1 amide bonds. The van der Waals surface area contributed by atoms with E-state index in [0.717, 1.165) is 5.56 Å². The van der Waals surface area contributed by atoms with Gasteiger partial charge in [-0.05, 0) is 38.6 Å². The molecule has 19 heavy (non-hydrogen) atoms. The number of thiophene rings is 1. The SMILES string of the molecule is CC(C)(C)OC(=O)N1CCC(C(=O)c2ccsc2)C1. The molecule has 0 radical (unpaired) electrons. The van der Waals surface area contributed by atoms with Crippen LogP contribution in [0.15, 0.2) is 16.8 Å². The van der Waals surface area contributed by atoms with Gasteiger partial charge in [-0.25, -0.2) is 4.79 Å². The number of hydrogen-bond acceptors (Lipinski definition) is 4. The lowest BCUT2D eigenvalue weighted by molar-refractivity contribution is 0.0289. The molecule has 0 aliphatic carbocycles. The van der Waals surface area contributed by atoms with E-state index in [9.17, 15) is 9.59 Å². The van der Waals surface area contributed by atoms with Crippen molar-refractivity contribution >= 4 is 23.2 Å². The van der Waals surface area contributed by atoms with Crippen LogP contribution in [0, 0.1) is 5.92 Å². The van der Waals surface area contributed by atoms with E-state index in [1.165, 1.54) is 11.3 Å². The lowest BCUT2D eigenvalue weighted by Crippen LogP contribution is -2.35. The summed E-state index contributed by atoms with van der Waals surface area (Å²) in [7, 11) is 0. The van der Waals surface area contributed by atoms with Gasteiger partial charge >= 0.3 is 6.09 Å². The Hall–Kier alpha value is -1.36. The zero-order chi connectivity index (χ0) is 14.0. The van der Waals surface area contributed by atoms with Gasteiger partial charge in [0.15, 0.2) is 5.78 Å². The normalized spacial score (nSPS) is 19.5. The van der Waals surface area contributed by atoms with Gasteiger partial charge in [0, 0.05) is 30.0 Å². The summed E-state index contributed by atoms with van der Waals surface area (Å²) >= 11 is 1.52. The fraction of sp³-hybridized carbons (Fsp3) is 0.571. The molecule has 2 rings (SSSR count). The summed E-state index contributed by atoms with van der Waals surface area (Å²) < 4.78 is 5.32. The zero-order valence-corrected chi connectivity index (χ0v) is 12.3. The lowest BCUT2D eigenvalue weighted by Gasteiger charge is -2.24. The standard InChI is InChI=1S/C14H19NO3S/c1-14(2,3)18-13(17)15-6-4-10(8-15)12(16)11-5-7-19-9-11/h5,7,9-10H,4,6,8H2,1-3H3. The minimum atomic E-state index is -0.494. The number of Topliss-reactive ketones (excluding diaryl/α,β-unsaturated/α-hetero) is 1. The molecule has 0 aromatic carbocycles. The van der Waals surface area contributed by atoms with E-state index >= 15 is 0 Å². The number of carbonyl (C=O) groups is 2. The Morgan fingerprint density at radius 3 is 2.74 bits per heavy atom. The number of rotatable bonds is 2. The van der Waals surface area contributed by atoms with Crippen LogP contribution in [0.3, 0.4) is 0 Å². The molecule has 1 aromatic rings. The third-order valence-corrected chi connectivity index (χ3v) is 3.70. The summed E-state index contributed by atoms with van der Waals surface area (Å²) in [6.45, 7) is 6.58. The Kier molecular flexibility index (Phi) is 3.94. The predicted octanol–water partition coefficient (Wildman–Crippen LogP) is 3.19. The third-order valence-electron chi connectivity index (χ3n) is 3.02. The molecular formula is C14H19NO3S. The summed E-state index contributed by atoms with van der Waals surface area (Å²) in [6, 6.07) is 1.84. The molecule has 0 bridgehead atoms. The van der Waals surface area contributed by atoms with E-state index < -0.39 is 5.60 Å². The number of amides is 1. The number of ketones is 1. The minimum absolute atomic E-state index is 0.0953. The van der Waals surface area contributed by atoms with Crippen molar-refractivity contribution in [2.45, 2.75) is 32.8 Å². The first kappa shape index (κ1) is 14.1. The van der Waals surface area contributed by atoms with Gasteiger partial charge < -0.3 is 9.64 Å². The highest BCUT2D eigenvalue weighted by molar-refractivity contribution is 7.08. The molecular weight excluding hydrogens is 262 g/mol. The summed E-state index contributed by atoms with van der Waals surface area (Å²) in [5.74, 6) is 0.0365. The molecule has 1 aliphatic rings. The Bertz CT molecular complexity index is 462. The third kappa shape index (κ3) is 3.56. The largest absolute Gasteiger partial charge is 0.444 e. The van der Waals surface area contributed by atoms with Crippen molar-refractivity contribution in [3.05, 3.63) is 22.4 Å². The van der Waals surface area contributed by atoms with Crippen LogP contribution in [0.1, 0.15) is 37.6 Å². The topological polar surface area (TPSA) is 46.6 Å². The van der Waals surface area contributed by atoms with E-state index in [4.69, 9.17) is 4.74 Å². The number of likely N-dealkylation sites (tertiary alicyclic amines) is 1. The number of carbonyl (C=O) groups excluding carboxylic acids is 2. The zero-order valence-electron chi connectivity index (χ0n) is 11.5. The van der Waals surface area contributed by atoms with Crippen LogP contribution >= 0.6 is 11.3 Å². The molecule has 1 aromatic heterocycles. The first-order valence-electron chi connectivity index (χ1n) is 6.41. The Morgan fingerprint density at radius 1 is 1.42 bits per heavy atom. The van der Waals surface area contributed by atoms with Gasteiger partial charge in [-0.1, -0.05) is 0 Å². The molecule has 0 spiro atoms. The first-order valence-corrected chi connectivity index (χ1v) is 7.35. The van der Waals surface area contributed by atoms with Crippen molar-refractivity contribution in [2.75, 3.05) is 13.1 Å². The second-order valence-electron chi connectivity index (χ2n) is 5.79. The Morgan fingerprint density at radius 2 is 2.16 bits per heavy atom. The molecule has 0 saturated carbocycles. The van der Waals surface area contributed by atoms with Gasteiger partial charge in [0.2, 0.25) is 0 Å². The average molecular weight is 281 g/mol. The van der Waals surface area contributed by atoms with Gasteiger partial charge in [0.1, 0.15) is 5.60 Å². The highest BCUT2D eigenvalue weighted by Gasteiger charge is 2.33. The van der Waals surface area contributed by atoms with E-state index in [2.05, 4.69) is 0 Å². The van der Waals surface area contributed by atoms with E-state index in [1.807, 2.05) is 37.6 Å². The first-order chi connectivity index (χ1) is 8.87. The predicted molar refractivity (Wildman–Crippen MR) is 74.6 cm³/mol. The minimum Gasteiger partial charge on any atom is -0.444 e. The van der Waals surface area contributed by atoms with Crippen molar-refractivity contribution in [1.82, 2.24) is 4.90 Å². The summed E-state index contributed by atoms with van der Waals surface area (Å²) in [6.07, 6.45) is 0.390. The molecule has 1 fully saturated rings. The fourth-order valence-corrected chi connectivity index (χ4v) is 2.75. The maximum absolute atomic E-state index is 12.2. The van der Waals surface area contributed by atoms with Crippen LogP contribution in [0.4, 0.5) is 4.79 Å². The quantitative estimate of drug-likeness (QED) is 0.782. The molecule has 5 heteroatoms. The van der Waals surface area contributed by atoms with Crippen molar-refractivity contribution in [3.8, 4) is 0 Å². The van der Waals surface area contributed by atoms with E-state index in [0.29, 0.717) is 19.5 Å². The summed E-state index contributed by atoms with van der Waals surface area (Å²) in [5.41, 5.74) is 0.257. The monoisotopic (exact) mass is 281 g/mol. The molecule has 4 nitrogen and oxygen atoms in total. The molecule has 1 aliphatic heterocycles. The molecule has 2 heterocycles. The van der Waals surface area contributed by atoms with E-state index in [1.54, 1.807) is 4.90 Å². The smallest absolute Gasteiger partial charge is 0.410 e. The fourth-order valence-electron chi connectivity index (χ4n) is 2.11. The number of ether oxygens (including phenoxy) is 1. The van der Waals surface area contributed by atoms with Crippen molar-refractivity contribution in [2.24, 2.45) is 5.92 Å². The van der Waals surface area contributed by atoms with Crippen LogP contribution in [-0.2, 0) is 4.74 Å². The Balaban J connectivity index is 1.93. The number of nitrogens with zero attached hydrogens (tertiary/aromatic N) is 1. The van der Waals surface area contributed by atoms with E-state index in [-0.39, 0.29) is 17.8 Å². The van der Waals surface area contributed by atoms with Crippen molar-refractivity contribution in [1.29, 1.82) is 0 Å². The van der Waals surface area contributed by atoms with Crippen LogP contribution in [0.25, 0.3) is 0 Å². The average Bonchev–Trinajstić information content (AvgIpc) is 2.98. The number of hydrogen-bond donors (Lipinski definition) is 0. The van der Waals surface area contributed by atoms with Gasteiger partial charge in [-0.2, -0.15) is 11.3 Å². The maximum atomic E-state index is 12.2. The van der Waals surface area contributed by atoms with Crippen LogP contribution in [-0.4, -0.2) is 35.5 Å². The van der Waals surface area contributed by atoms with Crippen LogP contribution < -0.4 is 0 Å². The molecule has 1 saturated heterocycles. The lowest BCUT2D eigenvalue weighted by atomic mass is 9.99. The van der Waals surface area contributed by atoms with Gasteiger partial charge in [0.05, 0.1) is 0 Å². The second-order valence-corrected chi connectivity index (χ2v) is 6.57. The van der Waals surface area contributed by atoms with Gasteiger partial charge in [-0.3, -0.25) is 4.79 Å². The van der Waals surface area contributed by atoms with Crippen molar-refractivity contribution < 1.29 is 14.3 Å².